The molecule has 4 heteroatoms. The van der Waals surface area contributed by atoms with E-state index in [4.69, 9.17) is 16.3 Å². The summed E-state index contributed by atoms with van der Waals surface area (Å²) in [5.41, 5.74) is 2.25. The standard InChI is InChI=1S/C20H26ClNO2/c1-5-9-24-17-8-6-7-14-16(23)10-15-18(19(14)17)13(11-21)12-22(15)20(2,3)4/h6-8,10,13,23H,5,9,11-12H2,1-4H3/t13-/m1/s1. The van der Waals surface area contributed by atoms with E-state index in [1.54, 1.807) is 0 Å². The molecule has 1 aliphatic rings. The predicted molar refractivity (Wildman–Crippen MR) is 102 cm³/mol. The van der Waals surface area contributed by atoms with E-state index in [0.717, 1.165) is 35.2 Å². The van der Waals surface area contributed by atoms with Gasteiger partial charge in [0.25, 0.3) is 0 Å². The van der Waals surface area contributed by atoms with Crippen molar-refractivity contribution in [3.63, 3.8) is 0 Å². The highest BCUT2D eigenvalue weighted by Crippen LogP contribution is 2.49. The Morgan fingerprint density at radius 1 is 1.33 bits per heavy atom. The molecule has 2 aromatic rings. The van der Waals surface area contributed by atoms with E-state index in [2.05, 4.69) is 32.6 Å². The van der Waals surface area contributed by atoms with E-state index < -0.39 is 0 Å². The minimum Gasteiger partial charge on any atom is -0.507 e. The molecule has 1 aliphatic heterocycles. The highest BCUT2D eigenvalue weighted by molar-refractivity contribution is 6.19. The number of aromatic hydroxyl groups is 1. The minimum absolute atomic E-state index is 0.0328. The Labute approximate surface area is 149 Å². The van der Waals surface area contributed by atoms with Crippen molar-refractivity contribution < 1.29 is 9.84 Å². The van der Waals surface area contributed by atoms with E-state index in [1.807, 2.05) is 24.3 Å². The number of phenolic OH excluding ortho intramolecular Hbond substituents is 1. The summed E-state index contributed by atoms with van der Waals surface area (Å²) < 4.78 is 5.99. The van der Waals surface area contributed by atoms with Gasteiger partial charge in [-0.1, -0.05) is 19.1 Å². The van der Waals surface area contributed by atoms with Gasteiger partial charge in [-0.05, 0) is 38.8 Å². The molecule has 1 N–H and O–H groups in total. The van der Waals surface area contributed by atoms with Crippen molar-refractivity contribution in [1.82, 2.24) is 0 Å². The summed E-state index contributed by atoms with van der Waals surface area (Å²) in [6, 6.07) is 7.77. The molecule has 0 fully saturated rings. The van der Waals surface area contributed by atoms with Gasteiger partial charge in [0, 0.05) is 46.4 Å². The molecule has 3 rings (SSSR count). The Balaban J connectivity index is 2.29. The quantitative estimate of drug-likeness (QED) is 0.764. The second kappa shape index (κ2) is 6.36. The van der Waals surface area contributed by atoms with Crippen LogP contribution in [0.1, 0.15) is 45.6 Å². The Bertz CT molecular complexity index is 751. The van der Waals surface area contributed by atoms with Gasteiger partial charge in [0.05, 0.1) is 6.61 Å². The summed E-state index contributed by atoms with van der Waals surface area (Å²) >= 11 is 6.32. The lowest BCUT2D eigenvalue weighted by Gasteiger charge is -2.35. The predicted octanol–water partition coefficient (Wildman–Crippen LogP) is 5.28. The van der Waals surface area contributed by atoms with Crippen LogP contribution in [-0.4, -0.2) is 29.7 Å². The van der Waals surface area contributed by atoms with Crippen molar-refractivity contribution in [2.45, 2.75) is 45.6 Å². The molecular formula is C20H26ClNO2. The summed E-state index contributed by atoms with van der Waals surface area (Å²) in [7, 11) is 0. The summed E-state index contributed by atoms with van der Waals surface area (Å²) in [4.78, 5) is 2.34. The van der Waals surface area contributed by atoms with Gasteiger partial charge in [0.2, 0.25) is 0 Å². The molecule has 1 heterocycles. The number of hydrogen-bond donors (Lipinski definition) is 1. The third-order valence-electron chi connectivity index (χ3n) is 4.68. The maximum absolute atomic E-state index is 10.6. The molecule has 1 atom stereocenters. The van der Waals surface area contributed by atoms with Gasteiger partial charge in [0.15, 0.2) is 0 Å². The van der Waals surface area contributed by atoms with Crippen LogP contribution < -0.4 is 9.64 Å². The largest absolute Gasteiger partial charge is 0.507 e. The molecule has 2 aromatic carbocycles. The summed E-state index contributed by atoms with van der Waals surface area (Å²) in [5, 5.41) is 12.5. The maximum atomic E-state index is 10.6. The van der Waals surface area contributed by atoms with Gasteiger partial charge in [-0.15, -0.1) is 11.6 Å². The lowest BCUT2D eigenvalue weighted by atomic mass is 9.94. The fourth-order valence-electron chi connectivity index (χ4n) is 3.58. The second-order valence-electron chi connectivity index (χ2n) is 7.49. The number of phenols is 1. The first-order chi connectivity index (χ1) is 11.4. The molecule has 0 bridgehead atoms. The molecule has 0 amide bonds. The van der Waals surface area contributed by atoms with E-state index >= 15 is 0 Å². The maximum Gasteiger partial charge on any atom is 0.127 e. The summed E-state index contributed by atoms with van der Waals surface area (Å²) in [5.74, 6) is 1.93. The van der Waals surface area contributed by atoms with Gasteiger partial charge >= 0.3 is 0 Å². The second-order valence-corrected chi connectivity index (χ2v) is 7.80. The number of hydrogen-bond acceptors (Lipinski definition) is 3. The van der Waals surface area contributed by atoms with Crippen molar-refractivity contribution in [2.24, 2.45) is 0 Å². The van der Waals surface area contributed by atoms with Crippen LogP contribution in [0.15, 0.2) is 24.3 Å². The monoisotopic (exact) mass is 347 g/mol. The van der Waals surface area contributed by atoms with Gasteiger partial charge in [-0.25, -0.2) is 0 Å². The lowest BCUT2D eigenvalue weighted by Crippen LogP contribution is -2.40. The number of fused-ring (bicyclic) bond motifs is 3. The fraction of sp³-hybridized carbons (Fsp3) is 0.500. The van der Waals surface area contributed by atoms with Crippen molar-refractivity contribution in [1.29, 1.82) is 0 Å². The van der Waals surface area contributed by atoms with Crippen LogP contribution in [0, 0.1) is 0 Å². The third-order valence-corrected chi connectivity index (χ3v) is 5.05. The molecule has 130 valence electrons. The van der Waals surface area contributed by atoms with Crippen molar-refractivity contribution in [2.75, 3.05) is 23.9 Å². The van der Waals surface area contributed by atoms with Crippen LogP contribution >= 0.6 is 11.6 Å². The van der Waals surface area contributed by atoms with Crippen LogP contribution in [0.25, 0.3) is 10.8 Å². The minimum atomic E-state index is -0.0328. The van der Waals surface area contributed by atoms with Crippen LogP contribution in [0.3, 0.4) is 0 Å². The molecular weight excluding hydrogens is 322 g/mol. The molecule has 3 nitrogen and oxygen atoms in total. The zero-order valence-electron chi connectivity index (χ0n) is 14.9. The van der Waals surface area contributed by atoms with Crippen molar-refractivity contribution >= 4 is 28.1 Å². The van der Waals surface area contributed by atoms with Crippen molar-refractivity contribution in [3.05, 3.63) is 29.8 Å². The molecule has 0 radical (unpaired) electrons. The van der Waals surface area contributed by atoms with Crippen LogP contribution in [0.2, 0.25) is 0 Å². The first kappa shape index (κ1) is 17.2. The highest BCUT2D eigenvalue weighted by Gasteiger charge is 2.37. The fourth-order valence-corrected chi connectivity index (χ4v) is 3.83. The molecule has 24 heavy (non-hydrogen) atoms. The van der Waals surface area contributed by atoms with E-state index in [-0.39, 0.29) is 11.5 Å². The number of anilines is 1. The normalized spacial score (nSPS) is 17.4. The van der Waals surface area contributed by atoms with E-state index in [1.165, 1.54) is 5.56 Å². The Kier molecular flexibility index (Phi) is 4.56. The topological polar surface area (TPSA) is 32.7 Å². The van der Waals surface area contributed by atoms with Gasteiger partial charge in [-0.3, -0.25) is 0 Å². The van der Waals surface area contributed by atoms with E-state index in [9.17, 15) is 5.11 Å². The average Bonchev–Trinajstić information content (AvgIpc) is 2.91. The van der Waals surface area contributed by atoms with Crippen molar-refractivity contribution in [3.8, 4) is 11.5 Å². The summed E-state index contributed by atoms with van der Waals surface area (Å²) in [6.07, 6.45) is 0.949. The average molecular weight is 348 g/mol. The number of nitrogens with zero attached hydrogens (tertiary/aromatic N) is 1. The highest BCUT2D eigenvalue weighted by atomic mass is 35.5. The smallest absolute Gasteiger partial charge is 0.127 e. The molecule has 0 aromatic heterocycles. The first-order valence-electron chi connectivity index (χ1n) is 8.63. The number of rotatable bonds is 4. The van der Waals surface area contributed by atoms with Gasteiger partial charge < -0.3 is 14.7 Å². The van der Waals surface area contributed by atoms with E-state index in [0.29, 0.717) is 18.2 Å². The van der Waals surface area contributed by atoms with Gasteiger partial charge in [-0.2, -0.15) is 0 Å². The number of halogens is 1. The van der Waals surface area contributed by atoms with Gasteiger partial charge in [0.1, 0.15) is 11.5 Å². The van der Waals surface area contributed by atoms with Crippen LogP contribution in [0.4, 0.5) is 5.69 Å². The molecule has 0 saturated carbocycles. The number of ether oxygens (including phenoxy) is 1. The molecule has 0 unspecified atom stereocenters. The summed E-state index contributed by atoms with van der Waals surface area (Å²) in [6.45, 7) is 10.2. The molecule has 0 saturated heterocycles. The lowest BCUT2D eigenvalue weighted by molar-refractivity contribution is 0.321. The zero-order valence-corrected chi connectivity index (χ0v) is 15.7. The van der Waals surface area contributed by atoms with Crippen LogP contribution in [-0.2, 0) is 0 Å². The third kappa shape index (κ3) is 2.79. The Morgan fingerprint density at radius 2 is 2.08 bits per heavy atom. The van der Waals surface area contributed by atoms with Crippen LogP contribution in [0.5, 0.6) is 11.5 Å². The molecule has 0 spiro atoms. The SMILES string of the molecule is CCCOc1cccc2c(O)cc3c(c12)[C@H](CCl)CN3C(C)(C)C. The Morgan fingerprint density at radius 3 is 2.71 bits per heavy atom. The zero-order chi connectivity index (χ0) is 17.5. The Hall–Kier alpha value is -1.61. The first-order valence-corrected chi connectivity index (χ1v) is 9.17. The molecule has 0 aliphatic carbocycles. The number of benzene rings is 2. The number of alkyl halides is 1.